The monoisotopic (exact) mass is 579 g/mol. The smallest absolute Gasteiger partial charge is 0.354 e. The predicted octanol–water partition coefficient (Wildman–Crippen LogP) is 4.94. The summed E-state index contributed by atoms with van der Waals surface area (Å²) < 4.78 is 22.7. The molecule has 3 atom stereocenters. The Kier molecular flexibility index (Phi) is 8.72. The molecule has 5 rings (SSSR count). The van der Waals surface area contributed by atoms with E-state index in [4.69, 9.17) is 33.2 Å². The maximum absolute atomic E-state index is 15.1. The van der Waals surface area contributed by atoms with E-state index in [-0.39, 0.29) is 29.2 Å². The van der Waals surface area contributed by atoms with Crippen LogP contribution >= 0.6 is 11.6 Å². The minimum absolute atomic E-state index is 0.0212. The van der Waals surface area contributed by atoms with Gasteiger partial charge in [0.2, 0.25) is 0 Å². The minimum atomic E-state index is -0.522. The third kappa shape index (κ3) is 6.78. The molecule has 1 aliphatic heterocycles. The van der Waals surface area contributed by atoms with E-state index in [2.05, 4.69) is 15.3 Å². The van der Waals surface area contributed by atoms with E-state index in [0.29, 0.717) is 34.5 Å². The molecule has 2 aromatic carbocycles. The van der Waals surface area contributed by atoms with Gasteiger partial charge in [0.05, 0.1) is 28.6 Å². The number of aryl methyl sites for hydroxylation is 1. The van der Waals surface area contributed by atoms with Gasteiger partial charge in [-0.2, -0.15) is 4.98 Å². The molecule has 0 aliphatic carbocycles. The Morgan fingerprint density at radius 3 is 2.80 bits per heavy atom. The maximum atomic E-state index is 15.1. The number of rotatable bonds is 10. The summed E-state index contributed by atoms with van der Waals surface area (Å²) in [6.07, 6.45) is 6.88. The third-order valence-corrected chi connectivity index (χ3v) is 7.72. The molecule has 0 bridgehead atoms. The van der Waals surface area contributed by atoms with Crippen LogP contribution in [0.15, 0.2) is 53.5 Å². The van der Waals surface area contributed by atoms with Crippen molar-refractivity contribution in [2.75, 3.05) is 6.54 Å². The SMILES string of the molecule is C[C@H](N)CCCc1cc(Cl)c(F)c(-c2cc3cn(-c4ccc([C@H]5CC[C@@H](CCNC(=N)N)O5)cc4)c(=O)nc3[nH]2)c1. The Labute approximate surface area is 242 Å². The fraction of sp³-hybridized carbons (Fsp3) is 0.367. The van der Waals surface area contributed by atoms with Crippen molar-refractivity contribution in [3.63, 3.8) is 0 Å². The number of aromatic nitrogens is 3. The molecule has 0 unspecified atom stereocenters. The lowest BCUT2D eigenvalue weighted by Crippen LogP contribution is -2.32. The Morgan fingerprint density at radius 2 is 2.07 bits per heavy atom. The zero-order chi connectivity index (χ0) is 29.1. The van der Waals surface area contributed by atoms with E-state index >= 15 is 4.39 Å². The van der Waals surface area contributed by atoms with Crippen molar-refractivity contribution in [2.24, 2.45) is 11.5 Å². The van der Waals surface area contributed by atoms with E-state index < -0.39 is 11.5 Å². The van der Waals surface area contributed by atoms with Gasteiger partial charge in [-0.05, 0) is 86.9 Å². The average molecular weight is 580 g/mol. The van der Waals surface area contributed by atoms with Gasteiger partial charge in [0.15, 0.2) is 11.8 Å². The summed E-state index contributed by atoms with van der Waals surface area (Å²) in [6.45, 7) is 2.56. The number of halogens is 2. The first-order chi connectivity index (χ1) is 19.7. The van der Waals surface area contributed by atoms with Crippen LogP contribution in [-0.2, 0) is 11.2 Å². The summed E-state index contributed by atoms with van der Waals surface area (Å²) in [6, 6.07) is 13.0. The maximum Gasteiger partial charge on any atom is 0.354 e. The van der Waals surface area contributed by atoms with Crippen LogP contribution in [0, 0.1) is 11.2 Å². The fourth-order valence-electron chi connectivity index (χ4n) is 5.32. The quantitative estimate of drug-likeness (QED) is 0.133. The van der Waals surface area contributed by atoms with Crippen LogP contribution in [0.1, 0.15) is 56.3 Å². The molecule has 9 nitrogen and oxygen atoms in total. The topological polar surface area (TPSA) is 148 Å². The van der Waals surface area contributed by atoms with Crippen molar-refractivity contribution in [3.8, 4) is 16.9 Å². The van der Waals surface area contributed by atoms with Gasteiger partial charge in [0, 0.05) is 29.7 Å². The normalized spacial score (nSPS) is 17.7. The van der Waals surface area contributed by atoms with Crippen LogP contribution in [0.4, 0.5) is 4.39 Å². The summed E-state index contributed by atoms with van der Waals surface area (Å²) in [5.74, 6) is -0.560. The van der Waals surface area contributed by atoms with Gasteiger partial charge >= 0.3 is 5.69 Å². The highest BCUT2D eigenvalue weighted by molar-refractivity contribution is 6.31. The third-order valence-electron chi connectivity index (χ3n) is 7.44. The van der Waals surface area contributed by atoms with E-state index in [9.17, 15) is 4.79 Å². The van der Waals surface area contributed by atoms with Crippen LogP contribution < -0.4 is 22.5 Å². The Balaban J connectivity index is 1.34. The Morgan fingerprint density at radius 1 is 1.29 bits per heavy atom. The molecule has 3 heterocycles. The van der Waals surface area contributed by atoms with Gasteiger partial charge in [-0.25, -0.2) is 9.18 Å². The first-order valence-corrected chi connectivity index (χ1v) is 14.3. The van der Waals surface area contributed by atoms with E-state index in [1.165, 1.54) is 4.57 Å². The molecule has 4 aromatic rings. The van der Waals surface area contributed by atoms with E-state index in [1.807, 2.05) is 31.2 Å². The van der Waals surface area contributed by atoms with Gasteiger partial charge in [-0.15, -0.1) is 0 Å². The van der Waals surface area contributed by atoms with Crippen molar-refractivity contribution in [3.05, 3.63) is 81.1 Å². The standard InChI is InChI=1S/C30H35ClFN7O2/c1-17(33)3-2-4-18-13-23(27(32)24(31)14-18)25-15-20-16-39(30(40)38-28(20)37-25)21-7-5-19(6-8-21)26-10-9-22(41-26)11-12-36-29(34)35/h5-8,13-17,22,26H,2-4,9-12,33H2,1H3,(H4,34,35,36)(H,37,38,40)/t17-,22-,26+/m0/s1. The predicted molar refractivity (Wildman–Crippen MR) is 160 cm³/mol. The van der Waals surface area contributed by atoms with Gasteiger partial charge < -0.3 is 26.5 Å². The first-order valence-electron chi connectivity index (χ1n) is 13.9. The number of guanidine groups is 1. The summed E-state index contributed by atoms with van der Waals surface area (Å²) in [4.78, 5) is 20.2. The number of fused-ring (bicyclic) bond motifs is 1. The summed E-state index contributed by atoms with van der Waals surface area (Å²) in [5, 5.41) is 10.8. The number of ether oxygens (including phenoxy) is 1. The highest BCUT2D eigenvalue weighted by atomic mass is 35.5. The van der Waals surface area contributed by atoms with Gasteiger partial charge in [-0.1, -0.05) is 23.7 Å². The minimum Gasteiger partial charge on any atom is -0.370 e. The number of benzene rings is 2. The molecule has 1 saturated heterocycles. The summed E-state index contributed by atoms with van der Waals surface area (Å²) >= 11 is 6.23. The fourth-order valence-corrected chi connectivity index (χ4v) is 5.56. The van der Waals surface area contributed by atoms with E-state index in [0.717, 1.165) is 49.7 Å². The Hall–Kier alpha value is -3.73. The molecule has 41 heavy (non-hydrogen) atoms. The first kappa shape index (κ1) is 28.8. The lowest BCUT2D eigenvalue weighted by atomic mass is 10.0. The molecule has 216 valence electrons. The molecule has 0 saturated carbocycles. The van der Waals surface area contributed by atoms with Crippen LogP contribution in [0.2, 0.25) is 5.02 Å². The summed E-state index contributed by atoms with van der Waals surface area (Å²) in [7, 11) is 0. The molecule has 11 heteroatoms. The van der Waals surface area contributed by atoms with Crippen molar-refractivity contribution >= 4 is 28.6 Å². The van der Waals surface area contributed by atoms with Crippen LogP contribution in [-0.4, -0.2) is 39.2 Å². The number of H-pyrrole nitrogens is 1. The summed E-state index contributed by atoms with van der Waals surface area (Å²) in [5.41, 5.74) is 14.6. The molecule has 0 spiro atoms. The average Bonchev–Trinajstić information content (AvgIpc) is 3.57. The molecule has 1 aliphatic rings. The van der Waals surface area contributed by atoms with Crippen molar-refractivity contribution in [2.45, 2.75) is 63.7 Å². The molecule has 0 amide bonds. The van der Waals surface area contributed by atoms with Crippen molar-refractivity contribution in [1.29, 1.82) is 5.41 Å². The second-order valence-electron chi connectivity index (χ2n) is 10.7. The Bertz CT molecular complexity index is 1600. The lowest BCUT2D eigenvalue weighted by molar-refractivity contribution is 0.0408. The number of nitrogens with two attached hydrogens (primary N) is 2. The highest BCUT2D eigenvalue weighted by Crippen LogP contribution is 2.34. The molecule has 1 fully saturated rings. The number of nitrogens with one attached hydrogen (secondary N) is 3. The van der Waals surface area contributed by atoms with Gasteiger partial charge in [-0.3, -0.25) is 9.98 Å². The number of hydrogen-bond donors (Lipinski definition) is 5. The van der Waals surface area contributed by atoms with Crippen LogP contribution in [0.3, 0.4) is 0 Å². The molecule has 0 radical (unpaired) electrons. The zero-order valence-electron chi connectivity index (χ0n) is 22.9. The molecular formula is C30H35ClFN7O2. The molecule has 7 N–H and O–H groups in total. The van der Waals surface area contributed by atoms with Crippen molar-refractivity contribution in [1.82, 2.24) is 19.9 Å². The number of nitrogens with zero attached hydrogens (tertiary/aromatic N) is 2. The van der Waals surface area contributed by atoms with Crippen LogP contribution in [0.25, 0.3) is 28.0 Å². The van der Waals surface area contributed by atoms with Gasteiger partial charge in [0.1, 0.15) is 5.65 Å². The zero-order valence-corrected chi connectivity index (χ0v) is 23.7. The second kappa shape index (κ2) is 12.4. The number of hydrogen-bond acceptors (Lipinski definition) is 5. The van der Waals surface area contributed by atoms with Crippen molar-refractivity contribution < 1.29 is 9.13 Å². The van der Waals surface area contributed by atoms with Gasteiger partial charge in [0.25, 0.3) is 0 Å². The molecule has 2 aromatic heterocycles. The highest BCUT2D eigenvalue weighted by Gasteiger charge is 2.26. The van der Waals surface area contributed by atoms with E-state index in [1.54, 1.807) is 24.4 Å². The largest absolute Gasteiger partial charge is 0.370 e. The second-order valence-corrected chi connectivity index (χ2v) is 11.1. The molecular weight excluding hydrogens is 545 g/mol. The van der Waals surface area contributed by atoms with Crippen LogP contribution in [0.5, 0.6) is 0 Å². The lowest BCUT2D eigenvalue weighted by Gasteiger charge is -2.15. The number of aromatic amines is 1.